The van der Waals surface area contributed by atoms with Crippen LogP contribution in [0.2, 0.25) is 0 Å². The Morgan fingerprint density at radius 1 is 0.312 bits per heavy atom. The molecule has 10 aromatic rings. The van der Waals surface area contributed by atoms with Crippen molar-refractivity contribution in [3.63, 3.8) is 0 Å². The molecule has 302 valence electrons. The zero-order valence-corrected chi connectivity index (χ0v) is 37.2. The van der Waals surface area contributed by atoms with Crippen molar-refractivity contribution in [1.29, 1.82) is 0 Å². The van der Waals surface area contributed by atoms with E-state index in [0.29, 0.717) is 0 Å². The number of rotatable bonds is 2. The summed E-state index contributed by atoms with van der Waals surface area (Å²) in [5, 5.41) is 8.28. The molecule has 0 unspecified atom stereocenters. The number of nitrogens with zero attached hydrogens (tertiary/aromatic N) is 2. The quantitative estimate of drug-likeness (QED) is 0.127. The van der Waals surface area contributed by atoms with Crippen LogP contribution in [-0.4, -0.2) is 24.5 Å². The number of benzene rings is 10. The van der Waals surface area contributed by atoms with Gasteiger partial charge in [0.2, 0.25) is 13.4 Å². The van der Waals surface area contributed by atoms with Crippen LogP contribution in [-0.2, 0) is 0 Å². The lowest BCUT2D eigenvalue weighted by atomic mass is 9.31. The Hall–Kier alpha value is -7.03. The molecule has 0 saturated carbocycles. The fraction of sp³-hybridized carbons (Fsp3) is 0.133. The summed E-state index contributed by atoms with van der Waals surface area (Å²) in [6.45, 7) is 14.3. The Morgan fingerprint density at radius 2 is 0.688 bits per heavy atom. The van der Waals surface area contributed by atoms with Crippen molar-refractivity contribution in [2.75, 3.05) is 9.80 Å². The van der Waals surface area contributed by atoms with Crippen LogP contribution in [0, 0.1) is 0 Å². The van der Waals surface area contributed by atoms with E-state index in [9.17, 15) is 0 Å². The van der Waals surface area contributed by atoms with Gasteiger partial charge in [0, 0.05) is 33.8 Å². The summed E-state index contributed by atoms with van der Waals surface area (Å²) >= 11 is 0. The molecule has 4 heterocycles. The van der Waals surface area contributed by atoms with Crippen molar-refractivity contribution >= 4 is 101 Å². The van der Waals surface area contributed by atoms with Gasteiger partial charge in [0.25, 0.3) is 0 Å². The van der Waals surface area contributed by atoms with Gasteiger partial charge in [-0.2, -0.15) is 0 Å². The minimum Gasteiger partial charge on any atom is -0.337 e. The Morgan fingerprint density at radius 3 is 1.09 bits per heavy atom. The van der Waals surface area contributed by atoms with E-state index in [1.807, 2.05) is 0 Å². The maximum absolute atomic E-state index is 2.65. The third kappa shape index (κ3) is 4.58. The zero-order valence-electron chi connectivity index (χ0n) is 37.2. The molecule has 0 spiro atoms. The Kier molecular flexibility index (Phi) is 7.04. The van der Waals surface area contributed by atoms with Gasteiger partial charge >= 0.3 is 0 Å². The molecular formula is C60H46B2N2. The first-order valence-corrected chi connectivity index (χ1v) is 23.1. The third-order valence-electron chi connectivity index (χ3n) is 15.1. The lowest BCUT2D eigenvalue weighted by Gasteiger charge is -2.47. The van der Waals surface area contributed by atoms with Gasteiger partial charge in [0.05, 0.1) is 0 Å². The summed E-state index contributed by atoms with van der Waals surface area (Å²) in [5.41, 5.74) is 23.9. The third-order valence-corrected chi connectivity index (χ3v) is 15.1. The van der Waals surface area contributed by atoms with Crippen LogP contribution in [0.15, 0.2) is 170 Å². The van der Waals surface area contributed by atoms with Gasteiger partial charge in [-0.3, -0.25) is 0 Å². The van der Waals surface area contributed by atoms with Crippen molar-refractivity contribution in [1.82, 2.24) is 0 Å². The van der Waals surface area contributed by atoms with E-state index in [1.54, 1.807) is 0 Å². The normalized spacial score (nSPS) is 14.3. The van der Waals surface area contributed by atoms with Crippen LogP contribution in [0.4, 0.5) is 22.7 Å². The molecule has 0 radical (unpaired) electrons. The van der Waals surface area contributed by atoms with Crippen LogP contribution >= 0.6 is 0 Å². The van der Waals surface area contributed by atoms with E-state index in [2.05, 4.69) is 221 Å². The lowest BCUT2D eigenvalue weighted by molar-refractivity contribution is 0.561. The van der Waals surface area contributed by atoms with E-state index < -0.39 is 0 Å². The SMILES string of the molecule is CC(C)(C)N1c2ccccc2B2c3c(cccc31)-c1cc(-c3ccccc3)c3cc4c5c(cc(-c6ccccc6)c6cc2c1c3c65)-c1cccc2c1B4c1ccccc1N2C(C)(C)C. The lowest BCUT2D eigenvalue weighted by Crippen LogP contribution is -2.62. The molecule has 0 fully saturated rings. The van der Waals surface area contributed by atoms with Gasteiger partial charge in [0.15, 0.2) is 0 Å². The fourth-order valence-corrected chi connectivity index (χ4v) is 13.0. The standard InChI is InChI=1S/C60H46B2N2/c1-59(2,3)63-49-27-15-13-25-45(49)61-47-33-43-40(36-21-11-8-12-22-36)32-42-38-24-18-30-52-58(38)62(46-26-14-16-28-50(46)64(52)60(4,5)6)48-34-44-39(35-19-9-7-10-20-35)31-41(37-23-17-29-51(63)57(37)61)53(47)55(44)56(43)54(42)48/h7-34H,1-6H3. The van der Waals surface area contributed by atoms with Crippen LogP contribution in [0.25, 0.3) is 76.8 Å². The van der Waals surface area contributed by atoms with E-state index >= 15 is 0 Å². The van der Waals surface area contributed by atoms with Crippen molar-refractivity contribution in [3.8, 4) is 44.5 Å². The first kappa shape index (κ1) is 36.5. The molecule has 0 atom stereocenters. The van der Waals surface area contributed by atoms with Crippen LogP contribution in [0.1, 0.15) is 41.5 Å². The van der Waals surface area contributed by atoms with Gasteiger partial charge in [-0.1, -0.05) is 144 Å². The molecule has 2 nitrogen and oxygen atoms in total. The molecule has 64 heavy (non-hydrogen) atoms. The number of anilines is 4. The molecule has 0 aliphatic carbocycles. The molecule has 14 rings (SSSR count). The molecule has 0 saturated heterocycles. The summed E-state index contributed by atoms with van der Waals surface area (Å²) < 4.78 is 0. The van der Waals surface area contributed by atoms with E-state index in [4.69, 9.17) is 0 Å². The Labute approximate surface area is 376 Å². The summed E-state index contributed by atoms with van der Waals surface area (Å²) in [7, 11) is 0. The topological polar surface area (TPSA) is 6.48 Å². The highest BCUT2D eigenvalue weighted by molar-refractivity contribution is 7.02. The van der Waals surface area contributed by atoms with Gasteiger partial charge in [-0.05, 0) is 177 Å². The molecule has 0 N–H and O–H groups in total. The van der Waals surface area contributed by atoms with Crippen molar-refractivity contribution < 1.29 is 0 Å². The largest absolute Gasteiger partial charge is 0.337 e. The second-order valence-corrected chi connectivity index (χ2v) is 20.7. The summed E-state index contributed by atoms with van der Waals surface area (Å²) in [4.78, 5) is 5.21. The number of hydrogen-bond acceptors (Lipinski definition) is 2. The zero-order chi connectivity index (χ0) is 43.0. The number of hydrogen-bond donors (Lipinski definition) is 0. The summed E-state index contributed by atoms with van der Waals surface area (Å²) in [6.07, 6.45) is 0. The molecule has 0 aromatic heterocycles. The fourth-order valence-electron chi connectivity index (χ4n) is 13.0. The Bertz CT molecular complexity index is 3410. The highest BCUT2D eigenvalue weighted by atomic mass is 15.2. The number of fused-ring (bicyclic) bond motifs is 8. The molecule has 10 aromatic carbocycles. The highest BCUT2D eigenvalue weighted by Gasteiger charge is 2.46. The number of para-hydroxylation sites is 2. The predicted octanol–water partition coefficient (Wildman–Crippen LogP) is 11.4. The first-order chi connectivity index (χ1) is 31.1. The predicted molar refractivity (Wildman–Crippen MR) is 278 cm³/mol. The van der Waals surface area contributed by atoms with Gasteiger partial charge < -0.3 is 9.80 Å². The second kappa shape index (κ2) is 12.4. The second-order valence-electron chi connectivity index (χ2n) is 20.7. The minimum atomic E-state index is -0.131. The minimum absolute atomic E-state index is 0.0789. The van der Waals surface area contributed by atoms with E-state index in [-0.39, 0.29) is 24.5 Å². The summed E-state index contributed by atoms with van der Waals surface area (Å²) in [5.74, 6) is 0. The average Bonchev–Trinajstić information content (AvgIpc) is 3.30. The molecule has 4 aliphatic heterocycles. The molecule has 0 amide bonds. The van der Waals surface area contributed by atoms with Crippen LogP contribution in [0.3, 0.4) is 0 Å². The van der Waals surface area contributed by atoms with E-state index in [1.165, 1.54) is 132 Å². The van der Waals surface area contributed by atoms with Crippen molar-refractivity contribution in [2.45, 2.75) is 52.6 Å². The van der Waals surface area contributed by atoms with Crippen molar-refractivity contribution in [2.24, 2.45) is 0 Å². The maximum atomic E-state index is 2.65. The van der Waals surface area contributed by atoms with Gasteiger partial charge in [-0.15, -0.1) is 0 Å². The molecule has 0 bridgehead atoms. The van der Waals surface area contributed by atoms with Crippen molar-refractivity contribution in [3.05, 3.63) is 170 Å². The maximum Gasteiger partial charge on any atom is 0.248 e. The summed E-state index contributed by atoms with van der Waals surface area (Å²) in [6, 6.07) is 65.5. The monoisotopic (exact) mass is 816 g/mol. The Balaban J connectivity index is 1.23. The average molecular weight is 817 g/mol. The van der Waals surface area contributed by atoms with Gasteiger partial charge in [0.1, 0.15) is 0 Å². The smallest absolute Gasteiger partial charge is 0.248 e. The van der Waals surface area contributed by atoms with E-state index in [0.717, 1.165) is 0 Å². The van der Waals surface area contributed by atoms with Gasteiger partial charge in [-0.25, -0.2) is 0 Å². The van der Waals surface area contributed by atoms with Crippen LogP contribution < -0.4 is 42.6 Å². The molecular weight excluding hydrogens is 770 g/mol. The van der Waals surface area contributed by atoms with Crippen LogP contribution in [0.5, 0.6) is 0 Å². The highest BCUT2D eigenvalue weighted by Crippen LogP contribution is 2.51. The molecule has 4 heteroatoms. The first-order valence-electron chi connectivity index (χ1n) is 23.1. The molecule has 4 aliphatic rings.